The molecular formula is C10H9NO2S. The second-order valence-corrected chi connectivity index (χ2v) is 4.21. The maximum Gasteiger partial charge on any atom is 0.166 e. The van der Waals surface area contributed by atoms with Crippen LogP contribution in [0.3, 0.4) is 0 Å². The number of aliphatic imine (C=N–C) groups is 1. The first kappa shape index (κ1) is 9.19. The van der Waals surface area contributed by atoms with Crippen molar-refractivity contribution in [2.45, 2.75) is 11.8 Å². The highest BCUT2D eigenvalue weighted by molar-refractivity contribution is 8.26. The average Bonchev–Trinajstić information content (AvgIpc) is 2.60. The molecule has 72 valence electrons. The Kier molecular flexibility index (Phi) is 2.48. The van der Waals surface area contributed by atoms with Crippen LogP contribution in [0.2, 0.25) is 0 Å². The van der Waals surface area contributed by atoms with E-state index in [1.165, 1.54) is 0 Å². The zero-order valence-corrected chi connectivity index (χ0v) is 8.50. The topological polar surface area (TPSA) is 38.7 Å². The smallest absolute Gasteiger partial charge is 0.166 e. The Hall–Kier alpha value is -1.38. The second-order valence-electron chi connectivity index (χ2n) is 2.72. The summed E-state index contributed by atoms with van der Waals surface area (Å²) in [6.07, 6.45) is 0. The Bertz CT molecular complexity index is 447. The summed E-state index contributed by atoms with van der Waals surface area (Å²) in [6.45, 7) is 2.56. The van der Waals surface area contributed by atoms with Crippen molar-refractivity contribution in [2.75, 3.05) is 6.61 Å². The molecule has 0 aromatic heterocycles. The van der Waals surface area contributed by atoms with Crippen LogP contribution in [0.25, 0.3) is 0 Å². The van der Waals surface area contributed by atoms with Gasteiger partial charge >= 0.3 is 0 Å². The van der Waals surface area contributed by atoms with Crippen LogP contribution < -0.4 is 4.74 Å². The molecule has 0 spiro atoms. The van der Waals surface area contributed by atoms with Gasteiger partial charge in [-0.25, -0.2) is 9.79 Å². The molecule has 14 heavy (non-hydrogen) atoms. The van der Waals surface area contributed by atoms with E-state index in [-0.39, 0.29) is 0 Å². The van der Waals surface area contributed by atoms with Gasteiger partial charge in [0.05, 0.1) is 17.8 Å². The Labute approximate surface area is 84.4 Å². The summed E-state index contributed by atoms with van der Waals surface area (Å²) in [4.78, 5) is 15.6. The first-order valence-electron chi connectivity index (χ1n) is 4.27. The molecule has 0 saturated carbocycles. The van der Waals surface area contributed by atoms with E-state index in [1.807, 2.05) is 30.4 Å². The van der Waals surface area contributed by atoms with Gasteiger partial charge in [-0.1, -0.05) is 0 Å². The molecule has 1 heterocycles. The van der Waals surface area contributed by atoms with Gasteiger partial charge in [0.2, 0.25) is 0 Å². The summed E-state index contributed by atoms with van der Waals surface area (Å²) in [5, 5.41) is 1.96. The Balaban J connectivity index is 2.44. The number of ether oxygens (including phenoxy) is 1. The third kappa shape index (κ3) is 1.50. The molecular weight excluding hydrogens is 198 g/mol. The molecule has 0 bridgehead atoms. The molecule has 0 saturated heterocycles. The molecule has 1 aliphatic heterocycles. The van der Waals surface area contributed by atoms with Gasteiger partial charge in [0.1, 0.15) is 5.75 Å². The molecule has 1 unspecified atom stereocenters. The van der Waals surface area contributed by atoms with E-state index in [9.17, 15) is 4.79 Å². The zero-order valence-electron chi connectivity index (χ0n) is 7.69. The lowest BCUT2D eigenvalue weighted by Crippen LogP contribution is -1.90. The summed E-state index contributed by atoms with van der Waals surface area (Å²) in [6, 6.07) is 5.58. The fraction of sp³-hybridized carbons (Fsp3) is 0.200. The van der Waals surface area contributed by atoms with Gasteiger partial charge in [0.25, 0.3) is 0 Å². The number of benzene rings is 1. The number of nitrogens with zero attached hydrogens (tertiary/aromatic N) is 1. The van der Waals surface area contributed by atoms with Gasteiger partial charge in [-0.05, 0) is 29.5 Å². The van der Waals surface area contributed by atoms with E-state index in [0.717, 1.165) is 16.3 Å². The van der Waals surface area contributed by atoms with Crippen LogP contribution in [0.1, 0.15) is 6.92 Å². The molecule has 0 radical (unpaired) electrons. The van der Waals surface area contributed by atoms with Gasteiger partial charge in [-0.3, -0.25) is 0 Å². The van der Waals surface area contributed by atoms with E-state index in [2.05, 4.69) is 4.99 Å². The van der Waals surface area contributed by atoms with Gasteiger partial charge in [-0.15, -0.1) is 0 Å². The maximum atomic E-state index is 10.5. The lowest BCUT2D eigenvalue weighted by molar-refractivity contribution is 0.340. The van der Waals surface area contributed by atoms with Gasteiger partial charge in [0.15, 0.2) is 5.23 Å². The number of rotatable bonds is 2. The second kappa shape index (κ2) is 3.78. The van der Waals surface area contributed by atoms with Crippen LogP contribution in [0.5, 0.6) is 5.75 Å². The molecule has 0 N–H and O–H groups in total. The molecule has 0 amide bonds. The lowest BCUT2D eigenvalue weighted by Gasteiger charge is -2.03. The highest BCUT2D eigenvalue weighted by atomic mass is 32.2. The number of hydrogen-bond donors (Lipinski definition) is 0. The van der Waals surface area contributed by atoms with Crippen LogP contribution in [0.15, 0.2) is 28.1 Å². The number of carbonyl (C=O) groups excluding carboxylic acids is 1. The van der Waals surface area contributed by atoms with Crippen molar-refractivity contribution in [3.05, 3.63) is 18.2 Å². The molecule has 1 aliphatic rings. The highest BCUT2D eigenvalue weighted by Crippen LogP contribution is 2.40. The van der Waals surface area contributed by atoms with Crippen molar-refractivity contribution in [1.29, 1.82) is 0 Å². The third-order valence-electron chi connectivity index (χ3n) is 1.87. The lowest BCUT2D eigenvalue weighted by atomic mass is 10.3. The Morgan fingerprint density at radius 3 is 3.14 bits per heavy atom. The maximum absolute atomic E-state index is 10.5. The molecule has 1 aromatic rings. The molecule has 0 aliphatic carbocycles. The quantitative estimate of drug-likeness (QED) is 0.699. The molecule has 2 rings (SSSR count). The fourth-order valence-electron chi connectivity index (χ4n) is 1.27. The molecule has 0 fully saturated rings. The monoisotopic (exact) mass is 207 g/mol. The summed E-state index contributed by atoms with van der Waals surface area (Å²) in [5.41, 5.74) is 2.45. The van der Waals surface area contributed by atoms with Crippen LogP contribution >= 0.6 is 10.5 Å². The third-order valence-corrected chi connectivity index (χ3v) is 3.18. The van der Waals surface area contributed by atoms with Gasteiger partial charge in [-0.2, -0.15) is 0 Å². The number of hydrogen-bond acceptors (Lipinski definition) is 3. The van der Waals surface area contributed by atoms with Crippen molar-refractivity contribution in [2.24, 2.45) is 4.99 Å². The van der Waals surface area contributed by atoms with Crippen molar-refractivity contribution in [1.82, 2.24) is 0 Å². The fourth-order valence-corrected chi connectivity index (χ4v) is 2.29. The van der Waals surface area contributed by atoms with E-state index in [4.69, 9.17) is 4.74 Å². The van der Waals surface area contributed by atoms with Crippen molar-refractivity contribution >= 4 is 27.0 Å². The van der Waals surface area contributed by atoms with E-state index >= 15 is 0 Å². The van der Waals surface area contributed by atoms with Crippen molar-refractivity contribution in [3.63, 3.8) is 0 Å². The van der Waals surface area contributed by atoms with Crippen molar-refractivity contribution in [3.8, 4) is 5.75 Å². The molecule has 3 nitrogen and oxygen atoms in total. The average molecular weight is 207 g/mol. The van der Waals surface area contributed by atoms with Gasteiger partial charge in [0, 0.05) is 11.0 Å². The molecule has 1 aromatic carbocycles. The normalized spacial score (nSPS) is 17.6. The first-order chi connectivity index (χ1) is 6.85. The molecule has 1 atom stereocenters. The zero-order chi connectivity index (χ0) is 9.97. The Morgan fingerprint density at radius 1 is 1.57 bits per heavy atom. The van der Waals surface area contributed by atoms with E-state index in [1.54, 1.807) is 5.55 Å². The minimum Gasteiger partial charge on any atom is -0.494 e. The van der Waals surface area contributed by atoms with Crippen LogP contribution in [0, 0.1) is 0 Å². The standard InChI is InChI=1S/C10H9NO2S/c1-2-13-8-3-4-10-9(5-8)11-6-14(10)7-12/h3-6H,2H2,1H3. The van der Waals surface area contributed by atoms with Crippen LogP contribution in [-0.4, -0.2) is 17.4 Å². The predicted octanol–water partition coefficient (Wildman–Crippen LogP) is 2.45. The van der Waals surface area contributed by atoms with Gasteiger partial charge < -0.3 is 4.74 Å². The summed E-state index contributed by atoms with van der Waals surface area (Å²) < 4.78 is 5.33. The van der Waals surface area contributed by atoms with Crippen LogP contribution in [-0.2, 0) is 4.79 Å². The minimum atomic E-state index is -0.574. The summed E-state index contributed by atoms with van der Waals surface area (Å²) >= 11 is 0. The number of fused-ring (bicyclic) bond motifs is 1. The van der Waals surface area contributed by atoms with Crippen molar-refractivity contribution < 1.29 is 9.53 Å². The van der Waals surface area contributed by atoms with E-state index < -0.39 is 10.5 Å². The highest BCUT2D eigenvalue weighted by Gasteiger charge is 2.12. The van der Waals surface area contributed by atoms with E-state index in [0.29, 0.717) is 6.61 Å². The summed E-state index contributed by atoms with van der Waals surface area (Å²) in [5.74, 6) is 0.791. The Morgan fingerprint density at radius 2 is 2.43 bits per heavy atom. The molecule has 4 heteroatoms. The summed E-state index contributed by atoms with van der Waals surface area (Å²) in [7, 11) is -0.574. The minimum absolute atomic E-state index is 0.574. The predicted molar refractivity (Wildman–Crippen MR) is 57.3 cm³/mol. The largest absolute Gasteiger partial charge is 0.494 e. The SMILES string of the molecule is CCOc1ccc2c(c1)N=CS2=C=O. The van der Waals surface area contributed by atoms with Crippen LogP contribution in [0.4, 0.5) is 5.69 Å². The first-order valence-corrected chi connectivity index (χ1v) is 5.56.